The molecule has 0 atom stereocenters. The number of rotatable bonds is 17. The van der Waals surface area contributed by atoms with E-state index in [0.717, 1.165) is 30.6 Å². The van der Waals surface area contributed by atoms with Crippen LogP contribution in [0, 0.1) is 5.53 Å². The van der Waals surface area contributed by atoms with Crippen LogP contribution in [0.5, 0.6) is 17.2 Å². The van der Waals surface area contributed by atoms with Crippen molar-refractivity contribution in [1.82, 2.24) is 4.90 Å². The van der Waals surface area contributed by atoms with Gasteiger partial charge in [0.2, 0.25) is 0 Å². The minimum atomic E-state index is -0.880. The van der Waals surface area contributed by atoms with Gasteiger partial charge in [0.1, 0.15) is 17.2 Å². The highest BCUT2D eigenvalue weighted by molar-refractivity contribution is 5.97. The van der Waals surface area contributed by atoms with Crippen LogP contribution < -0.4 is 9.47 Å². The first kappa shape index (κ1) is 33.7. The van der Waals surface area contributed by atoms with Crippen LogP contribution in [-0.4, -0.2) is 52.3 Å². The van der Waals surface area contributed by atoms with E-state index in [-0.39, 0.29) is 48.1 Å². The van der Waals surface area contributed by atoms with Crippen molar-refractivity contribution in [2.75, 3.05) is 13.2 Å². The summed E-state index contributed by atoms with van der Waals surface area (Å²) in [5.74, 6) is -0.0380. The van der Waals surface area contributed by atoms with E-state index < -0.39 is 5.97 Å². The smallest absolute Gasteiger partial charge is 0.303 e. The molecule has 0 spiro atoms. The number of hydrogen-bond donors (Lipinski definition) is 3. The SMILES string of the molecule is CC(C)N(C(=O)c1cc(CCCC(=O)O)c(OCCCCCOc2ccc(CN=N)cc2)cc1O)C(C)C.Cl. The zero-order valence-corrected chi connectivity index (χ0v) is 24.1. The standard InChI is InChI=1S/C29H41N3O6.ClH/c1-20(2)32(21(3)4)29(36)25-17-23(9-8-10-28(34)35)27(18-26(25)33)38-16-7-5-6-15-37-24-13-11-22(12-14-24)19-31-30;/h11-14,17-18,20-21,30,33H,5-10,15-16,19H2,1-4H3,(H,34,35);1H. The van der Waals surface area contributed by atoms with Gasteiger partial charge in [0.25, 0.3) is 5.91 Å². The minimum absolute atomic E-state index is 0. The molecule has 2 rings (SSSR count). The lowest BCUT2D eigenvalue weighted by Gasteiger charge is -2.31. The molecule has 2 aromatic carbocycles. The first-order chi connectivity index (χ1) is 18.1. The van der Waals surface area contributed by atoms with Gasteiger partial charge >= 0.3 is 5.97 Å². The van der Waals surface area contributed by atoms with Gasteiger partial charge in [-0.15, -0.1) is 12.4 Å². The van der Waals surface area contributed by atoms with Crippen LogP contribution in [0.4, 0.5) is 0 Å². The number of carbonyl (C=O) groups is 2. The van der Waals surface area contributed by atoms with E-state index in [1.165, 1.54) is 6.07 Å². The molecule has 0 aromatic heterocycles. The van der Waals surface area contributed by atoms with Crippen LogP contribution in [-0.2, 0) is 17.8 Å². The second kappa shape index (κ2) is 17.3. The van der Waals surface area contributed by atoms with Gasteiger partial charge in [-0.3, -0.25) is 9.59 Å². The molecular formula is C29H42ClN3O6. The normalized spacial score (nSPS) is 10.7. The number of amides is 1. The molecule has 0 heterocycles. The highest BCUT2D eigenvalue weighted by Crippen LogP contribution is 2.31. The lowest BCUT2D eigenvalue weighted by atomic mass is 10.0. The number of phenolic OH excluding ortho intramolecular Hbond substituents is 1. The van der Waals surface area contributed by atoms with Crippen LogP contribution in [0.2, 0.25) is 0 Å². The number of nitrogens with zero attached hydrogens (tertiary/aromatic N) is 2. The fourth-order valence-electron chi connectivity index (χ4n) is 4.28. The number of unbranched alkanes of at least 4 members (excludes halogenated alkanes) is 2. The molecule has 39 heavy (non-hydrogen) atoms. The molecule has 0 bridgehead atoms. The van der Waals surface area contributed by atoms with E-state index in [9.17, 15) is 14.7 Å². The molecule has 0 aliphatic rings. The predicted octanol–water partition coefficient (Wildman–Crippen LogP) is 6.64. The van der Waals surface area contributed by atoms with E-state index in [4.69, 9.17) is 20.1 Å². The number of benzene rings is 2. The van der Waals surface area contributed by atoms with Crippen LogP contribution in [0.1, 0.15) is 81.3 Å². The number of ether oxygens (including phenoxy) is 2. The Bertz CT molecular complexity index is 1050. The van der Waals surface area contributed by atoms with Gasteiger partial charge in [0.15, 0.2) is 0 Å². The maximum absolute atomic E-state index is 13.2. The van der Waals surface area contributed by atoms with Crippen molar-refractivity contribution < 1.29 is 29.3 Å². The molecule has 1 amide bonds. The Morgan fingerprint density at radius 3 is 2.13 bits per heavy atom. The fourth-order valence-corrected chi connectivity index (χ4v) is 4.28. The quantitative estimate of drug-likeness (QED) is 0.146. The number of nitrogens with one attached hydrogen (secondary N) is 1. The Labute approximate surface area is 237 Å². The molecule has 0 fully saturated rings. The van der Waals surface area contributed by atoms with Gasteiger partial charge in [-0.25, -0.2) is 5.53 Å². The summed E-state index contributed by atoms with van der Waals surface area (Å²) < 4.78 is 11.7. The molecule has 2 aromatic rings. The van der Waals surface area contributed by atoms with Crippen molar-refractivity contribution in [3.05, 3.63) is 53.1 Å². The van der Waals surface area contributed by atoms with Gasteiger partial charge in [-0.2, -0.15) is 5.11 Å². The largest absolute Gasteiger partial charge is 0.507 e. The second-order valence-electron chi connectivity index (χ2n) is 9.84. The zero-order chi connectivity index (χ0) is 28.1. The first-order valence-corrected chi connectivity index (χ1v) is 13.2. The lowest BCUT2D eigenvalue weighted by Crippen LogP contribution is -2.42. The zero-order valence-electron chi connectivity index (χ0n) is 23.3. The van der Waals surface area contributed by atoms with Crippen molar-refractivity contribution in [3.63, 3.8) is 0 Å². The predicted molar refractivity (Wildman–Crippen MR) is 153 cm³/mol. The van der Waals surface area contributed by atoms with Crippen LogP contribution in [0.25, 0.3) is 0 Å². The number of aromatic hydroxyl groups is 1. The third-order valence-corrected chi connectivity index (χ3v) is 6.09. The Morgan fingerprint density at radius 2 is 1.56 bits per heavy atom. The number of aliphatic carboxylic acids is 1. The minimum Gasteiger partial charge on any atom is -0.507 e. The van der Waals surface area contributed by atoms with E-state index in [1.807, 2.05) is 52.0 Å². The average molecular weight is 564 g/mol. The molecule has 0 radical (unpaired) electrons. The highest BCUT2D eigenvalue weighted by atomic mass is 35.5. The van der Waals surface area contributed by atoms with E-state index in [2.05, 4.69) is 5.11 Å². The summed E-state index contributed by atoms with van der Waals surface area (Å²) in [6.07, 6.45) is 3.34. The van der Waals surface area contributed by atoms with Crippen molar-refractivity contribution in [3.8, 4) is 17.2 Å². The molecule has 216 valence electrons. The fraction of sp³-hybridized carbons (Fsp3) is 0.517. The monoisotopic (exact) mass is 563 g/mol. The van der Waals surface area contributed by atoms with Gasteiger partial charge in [-0.05, 0) is 89.1 Å². The number of aryl methyl sites for hydroxylation is 1. The maximum Gasteiger partial charge on any atom is 0.303 e. The number of carbonyl (C=O) groups excluding carboxylic acids is 1. The molecule has 0 aliphatic heterocycles. The van der Waals surface area contributed by atoms with Gasteiger partial charge in [0.05, 0.1) is 25.3 Å². The Morgan fingerprint density at radius 1 is 0.949 bits per heavy atom. The summed E-state index contributed by atoms with van der Waals surface area (Å²) in [6.45, 7) is 9.08. The summed E-state index contributed by atoms with van der Waals surface area (Å²) in [4.78, 5) is 25.9. The summed E-state index contributed by atoms with van der Waals surface area (Å²) in [5, 5.41) is 23.1. The Balaban J connectivity index is 0.00000760. The van der Waals surface area contributed by atoms with Gasteiger partial charge in [0, 0.05) is 24.6 Å². The number of phenols is 1. The van der Waals surface area contributed by atoms with Gasteiger partial charge in [-0.1, -0.05) is 12.1 Å². The topological polar surface area (TPSA) is 133 Å². The van der Waals surface area contributed by atoms with E-state index >= 15 is 0 Å². The third kappa shape index (κ3) is 11.1. The van der Waals surface area contributed by atoms with E-state index in [1.54, 1.807) is 11.0 Å². The molecule has 3 N–H and O–H groups in total. The molecule has 9 nitrogen and oxygen atoms in total. The van der Waals surface area contributed by atoms with Crippen molar-refractivity contribution in [1.29, 1.82) is 5.53 Å². The van der Waals surface area contributed by atoms with Crippen LogP contribution in [0.15, 0.2) is 41.5 Å². The number of hydrogen-bond acceptors (Lipinski definition) is 7. The summed E-state index contributed by atoms with van der Waals surface area (Å²) >= 11 is 0. The number of carboxylic acid groups (broad SMARTS) is 1. The molecule has 0 unspecified atom stereocenters. The van der Waals surface area contributed by atoms with Gasteiger partial charge < -0.3 is 24.6 Å². The number of carboxylic acids is 1. The first-order valence-electron chi connectivity index (χ1n) is 13.2. The third-order valence-electron chi connectivity index (χ3n) is 6.09. The number of halogens is 1. The second-order valence-corrected chi connectivity index (χ2v) is 9.84. The van der Waals surface area contributed by atoms with Crippen molar-refractivity contribution in [2.24, 2.45) is 5.11 Å². The Kier molecular flexibility index (Phi) is 14.9. The molecule has 0 aliphatic carbocycles. The summed E-state index contributed by atoms with van der Waals surface area (Å²) in [7, 11) is 0. The van der Waals surface area contributed by atoms with Crippen LogP contribution >= 0.6 is 12.4 Å². The highest BCUT2D eigenvalue weighted by Gasteiger charge is 2.25. The summed E-state index contributed by atoms with van der Waals surface area (Å²) in [6, 6.07) is 10.6. The van der Waals surface area contributed by atoms with Crippen molar-refractivity contribution in [2.45, 2.75) is 84.8 Å². The Hall–Kier alpha value is -3.33. The summed E-state index contributed by atoms with van der Waals surface area (Å²) in [5.41, 5.74) is 8.79. The van der Waals surface area contributed by atoms with Crippen molar-refractivity contribution >= 4 is 24.3 Å². The van der Waals surface area contributed by atoms with E-state index in [0.29, 0.717) is 43.9 Å². The lowest BCUT2D eigenvalue weighted by molar-refractivity contribution is -0.137. The maximum atomic E-state index is 13.2. The molecule has 0 saturated carbocycles. The van der Waals surface area contributed by atoms with Crippen LogP contribution in [0.3, 0.4) is 0 Å². The molecular weight excluding hydrogens is 522 g/mol. The molecule has 10 heteroatoms. The average Bonchev–Trinajstić information content (AvgIpc) is 2.85. The molecule has 0 saturated heterocycles.